The van der Waals surface area contributed by atoms with Crippen LogP contribution in [0.15, 0.2) is 22.7 Å². The molecule has 0 bridgehead atoms. The number of hydrogen-bond donors (Lipinski definition) is 4. The van der Waals surface area contributed by atoms with Gasteiger partial charge in [-0.15, -0.1) is 0 Å². The molecule has 0 radical (unpaired) electrons. The van der Waals surface area contributed by atoms with Crippen molar-refractivity contribution in [3.8, 4) is 0 Å². The van der Waals surface area contributed by atoms with Crippen molar-refractivity contribution in [2.45, 2.75) is 0 Å². The molecular formula is C11H13BrN4O3S. The number of carbonyl (C=O) groups excluding carboxylic acids is 2. The van der Waals surface area contributed by atoms with Gasteiger partial charge in [-0.05, 0) is 30.4 Å². The van der Waals surface area contributed by atoms with Crippen LogP contribution in [0.2, 0.25) is 0 Å². The number of benzene rings is 1. The smallest absolute Gasteiger partial charge is 0.413 e. The fourth-order valence-electron chi connectivity index (χ4n) is 1.21. The lowest BCUT2D eigenvalue weighted by atomic mass is 10.2. The lowest BCUT2D eigenvalue weighted by Gasteiger charge is -2.14. The number of ether oxygens (including phenoxy) is 1. The van der Waals surface area contributed by atoms with Gasteiger partial charge in [0.15, 0.2) is 5.11 Å². The van der Waals surface area contributed by atoms with Crippen LogP contribution in [0.4, 0.5) is 21.0 Å². The summed E-state index contributed by atoms with van der Waals surface area (Å²) in [5.74, 6) is 0. The zero-order valence-corrected chi connectivity index (χ0v) is 13.1. The molecule has 108 valence electrons. The summed E-state index contributed by atoms with van der Waals surface area (Å²) >= 11 is 8.25. The first-order valence-electron chi connectivity index (χ1n) is 5.40. The number of halogens is 1. The summed E-state index contributed by atoms with van der Waals surface area (Å²) in [6, 6.07) is 4.77. The van der Waals surface area contributed by atoms with Crippen molar-refractivity contribution >= 4 is 56.8 Å². The van der Waals surface area contributed by atoms with E-state index in [9.17, 15) is 9.59 Å². The maximum absolute atomic E-state index is 11.4. The van der Waals surface area contributed by atoms with E-state index < -0.39 is 6.09 Å². The van der Waals surface area contributed by atoms with Gasteiger partial charge in [0.25, 0.3) is 0 Å². The summed E-state index contributed by atoms with van der Waals surface area (Å²) in [4.78, 5) is 22.4. The third kappa shape index (κ3) is 5.02. The molecule has 0 atom stereocenters. The van der Waals surface area contributed by atoms with E-state index in [2.05, 4.69) is 41.9 Å². The number of thiocarbonyl (C=S) groups is 1. The molecule has 7 nitrogen and oxygen atoms in total. The molecule has 0 saturated heterocycles. The van der Waals surface area contributed by atoms with Crippen molar-refractivity contribution in [1.29, 1.82) is 0 Å². The minimum Gasteiger partial charge on any atom is -0.453 e. The van der Waals surface area contributed by atoms with Crippen molar-refractivity contribution < 1.29 is 14.3 Å². The van der Waals surface area contributed by atoms with Crippen LogP contribution in [0.3, 0.4) is 0 Å². The number of carbonyl (C=O) groups is 2. The fourth-order valence-corrected chi connectivity index (χ4v) is 1.77. The standard InChI is InChI=1S/C11H13BrN4O3S/c1-13-9(17)14-8-5-6(12)3-4-7(8)15-10(20)16-11(18)19-2/h3-5H,1-2H3,(H2,13,14,17)(H2,15,16,18,20). The van der Waals surface area contributed by atoms with Crippen LogP contribution in [0.1, 0.15) is 0 Å². The van der Waals surface area contributed by atoms with E-state index in [1.165, 1.54) is 14.2 Å². The lowest BCUT2D eigenvalue weighted by Crippen LogP contribution is -2.34. The quantitative estimate of drug-likeness (QED) is 0.607. The Bertz CT molecular complexity index is 538. The predicted molar refractivity (Wildman–Crippen MR) is 84.0 cm³/mol. The van der Waals surface area contributed by atoms with E-state index in [1.54, 1.807) is 18.2 Å². The molecule has 9 heteroatoms. The van der Waals surface area contributed by atoms with Crippen LogP contribution in [0, 0.1) is 0 Å². The first-order chi connectivity index (χ1) is 9.46. The average molecular weight is 361 g/mol. The molecule has 0 fully saturated rings. The SMILES string of the molecule is CNC(=O)Nc1cc(Br)ccc1NC(=S)NC(=O)OC. The highest BCUT2D eigenvalue weighted by Crippen LogP contribution is 2.26. The van der Waals surface area contributed by atoms with E-state index in [4.69, 9.17) is 12.2 Å². The third-order valence-electron chi connectivity index (χ3n) is 2.11. The summed E-state index contributed by atoms with van der Waals surface area (Å²) < 4.78 is 5.20. The maximum Gasteiger partial charge on any atom is 0.413 e. The van der Waals surface area contributed by atoms with Gasteiger partial charge in [0.05, 0.1) is 18.5 Å². The Kier molecular flexibility index (Phi) is 6.19. The summed E-state index contributed by atoms with van der Waals surface area (Å²) in [5.41, 5.74) is 1.02. The van der Waals surface area contributed by atoms with Crippen molar-refractivity contribution in [3.63, 3.8) is 0 Å². The maximum atomic E-state index is 11.4. The van der Waals surface area contributed by atoms with E-state index in [1.807, 2.05) is 0 Å². The minimum atomic E-state index is -0.680. The molecule has 1 aromatic rings. The molecule has 0 heterocycles. The van der Waals surface area contributed by atoms with Gasteiger partial charge in [-0.3, -0.25) is 5.32 Å². The second-order valence-corrected chi connectivity index (χ2v) is 4.79. The monoisotopic (exact) mass is 360 g/mol. The highest BCUT2D eigenvalue weighted by atomic mass is 79.9. The molecule has 0 aromatic heterocycles. The molecule has 0 saturated carbocycles. The highest BCUT2D eigenvalue weighted by molar-refractivity contribution is 9.10. The van der Waals surface area contributed by atoms with Crippen molar-refractivity contribution in [3.05, 3.63) is 22.7 Å². The van der Waals surface area contributed by atoms with Crippen LogP contribution in [-0.4, -0.2) is 31.4 Å². The molecule has 3 amide bonds. The summed E-state index contributed by atoms with van der Waals surface area (Å²) in [6.45, 7) is 0. The van der Waals surface area contributed by atoms with Gasteiger partial charge in [-0.25, -0.2) is 9.59 Å². The van der Waals surface area contributed by atoms with E-state index in [-0.39, 0.29) is 11.1 Å². The largest absolute Gasteiger partial charge is 0.453 e. The Morgan fingerprint density at radius 3 is 2.55 bits per heavy atom. The Balaban J connectivity index is 2.85. The molecule has 0 unspecified atom stereocenters. The fraction of sp³-hybridized carbons (Fsp3) is 0.182. The lowest BCUT2D eigenvalue weighted by molar-refractivity contribution is 0.177. The van der Waals surface area contributed by atoms with Gasteiger partial charge in [-0.1, -0.05) is 15.9 Å². The molecule has 0 spiro atoms. The van der Waals surface area contributed by atoms with Crippen molar-refractivity contribution in [2.24, 2.45) is 0 Å². The van der Waals surface area contributed by atoms with Gasteiger partial charge < -0.3 is 20.7 Å². The minimum absolute atomic E-state index is 0.0547. The molecule has 0 aliphatic carbocycles. The Morgan fingerprint density at radius 2 is 1.95 bits per heavy atom. The van der Waals surface area contributed by atoms with Crippen LogP contribution in [-0.2, 0) is 4.74 Å². The molecule has 20 heavy (non-hydrogen) atoms. The Morgan fingerprint density at radius 1 is 1.25 bits per heavy atom. The van der Waals surface area contributed by atoms with Crippen LogP contribution < -0.4 is 21.3 Å². The van der Waals surface area contributed by atoms with E-state index in [0.717, 1.165) is 4.47 Å². The highest BCUT2D eigenvalue weighted by Gasteiger charge is 2.09. The molecule has 4 N–H and O–H groups in total. The van der Waals surface area contributed by atoms with Gasteiger partial charge >= 0.3 is 12.1 Å². The van der Waals surface area contributed by atoms with Crippen molar-refractivity contribution in [2.75, 3.05) is 24.8 Å². The molecule has 1 rings (SSSR count). The molecule has 1 aromatic carbocycles. The Labute approximate surface area is 129 Å². The zero-order valence-electron chi connectivity index (χ0n) is 10.7. The predicted octanol–water partition coefficient (Wildman–Crippen LogP) is 2.25. The third-order valence-corrected chi connectivity index (χ3v) is 2.80. The van der Waals surface area contributed by atoms with Gasteiger partial charge in [0.2, 0.25) is 0 Å². The topological polar surface area (TPSA) is 91.5 Å². The van der Waals surface area contributed by atoms with E-state index >= 15 is 0 Å². The summed E-state index contributed by atoms with van der Waals surface area (Å²) in [7, 11) is 2.74. The van der Waals surface area contributed by atoms with E-state index in [0.29, 0.717) is 11.4 Å². The number of methoxy groups -OCH3 is 1. The second kappa shape index (κ2) is 7.65. The van der Waals surface area contributed by atoms with Gasteiger partial charge in [0, 0.05) is 11.5 Å². The number of anilines is 2. The van der Waals surface area contributed by atoms with Gasteiger partial charge in [-0.2, -0.15) is 0 Å². The first kappa shape index (κ1) is 16.2. The molecule has 0 aliphatic heterocycles. The van der Waals surface area contributed by atoms with Crippen LogP contribution in [0.25, 0.3) is 0 Å². The molecular weight excluding hydrogens is 348 g/mol. The van der Waals surface area contributed by atoms with Gasteiger partial charge in [0.1, 0.15) is 0 Å². The Hall–Kier alpha value is -1.87. The van der Waals surface area contributed by atoms with Crippen molar-refractivity contribution in [1.82, 2.24) is 10.6 Å². The second-order valence-electron chi connectivity index (χ2n) is 3.46. The normalized spacial score (nSPS) is 9.35. The zero-order chi connectivity index (χ0) is 15.1. The average Bonchev–Trinajstić information content (AvgIpc) is 2.41. The number of amides is 3. The summed E-state index contributed by atoms with van der Waals surface area (Å²) in [5, 5.41) is 10.2. The van der Waals surface area contributed by atoms with Crippen LogP contribution >= 0.6 is 28.1 Å². The number of urea groups is 1. The van der Waals surface area contributed by atoms with Crippen LogP contribution in [0.5, 0.6) is 0 Å². The number of nitrogens with one attached hydrogen (secondary N) is 4. The summed E-state index contributed by atoms with van der Waals surface area (Å²) in [6.07, 6.45) is -0.680. The number of rotatable bonds is 2. The number of alkyl carbamates (subject to hydrolysis) is 1. The first-order valence-corrected chi connectivity index (χ1v) is 6.60. The molecule has 0 aliphatic rings. The number of hydrogen-bond acceptors (Lipinski definition) is 4.